The molecule has 0 aromatic heterocycles. The lowest BCUT2D eigenvalue weighted by molar-refractivity contribution is -0.0693. The van der Waals surface area contributed by atoms with Gasteiger partial charge in [0.2, 0.25) is 0 Å². The summed E-state index contributed by atoms with van der Waals surface area (Å²) in [6.07, 6.45) is 10.5. The van der Waals surface area contributed by atoms with Gasteiger partial charge in [0, 0.05) is 24.7 Å². The molecule has 1 N–H and O–H groups in total. The number of hydrogen-bond donors (Lipinski definition) is 1. The SMILES string of the molecule is CCCNC(CSCCOC)C12CC3CC(CC(C3)C1)C2. The van der Waals surface area contributed by atoms with E-state index in [4.69, 9.17) is 4.74 Å². The first-order chi connectivity index (χ1) is 10.3. The third-order valence-electron chi connectivity index (χ3n) is 6.18. The molecule has 4 rings (SSSR count). The number of rotatable bonds is 9. The van der Waals surface area contributed by atoms with Gasteiger partial charge in [-0.05, 0) is 74.7 Å². The fourth-order valence-electron chi connectivity index (χ4n) is 5.72. The summed E-state index contributed by atoms with van der Waals surface area (Å²) in [5.41, 5.74) is 0.643. The highest BCUT2D eigenvalue weighted by Crippen LogP contribution is 2.61. The van der Waals surface area contributed by atoms with E-state index >= 15 is 0 Å². The van der Waals surface area contributed by atoms with Gasteiger partial charge in [-0.1, -0.05) is 6.92 Å². The molecule has 0 aromatic carbocycles. The topological polar surface area (TPSA) is 21.3 Å². The Labute approximate surface area is 135 Å². The predicted octanol–water partition coefficient (Wildman–Crippen LogP) is 3.95. The molecular weight excluding hydrogens is 278 g/mol. The van der Waals surface area contributed by atoms with E-state index < -0.39 is 0 Å². The first-order valence-corrected chi connectivity index (χ1v) is 10.2. The maximum absolute atomic E-state index is 5.21. The van der Waals surface area contributed by atoms with Crippen LogP contribution in [0.2, 0.25) is 0 Å². The van der Waals surface area contributed by atoms with E-state index in [1.165, 1.54) is 38.0 Å². The first-order valence-electron chi connectivity index (χ1n) is 9.06. The molecular formula is C18H33NOS. The van der Waals surface area contributed by atoms with Crippen LogP contribution in [0, 0.1) is 23.2 Å². The number of hydrogen-bond acceptors (Lipinski definition) is 3. The average molecular weight is 312 g/mol. The average Bonchev–Trinajstić information content (AvgIpc) is 2.45. The molecule has 0 saturated heterocycles. The number of ether oxygens (including phenoxy) is 1. The summed E-state index contributed by atoms with van der Waals surface area (Å²) in [6.45, 7) is 4.38. The number of methoxy groups -OCH3 is 1. The van der Waals surface area contributed by atoms with Gasteiger partial charge in [-0.25, -0.2) is 0 Å². The zero-order chi connectivity index (χ0) is 14.7. The Morgan fingerprint density at radius 1 is 1.14 bits per heavy atom. The fourth-order valence-corrected chi connectivity index (χ4v) is 6.88. The minimum atomic E-state index is 0.643. The van der Waals surface area contributed by atoms with E-state index in [-0.39, 0.29) is 0 Å². The van der Waals surface area contributed by atoms with Gasteiger partial charge in [0.25, 0.3) is 0 Å². The molecule has 21 heavy (non-hydrogen) atoms. The van der Waals surface area contributed by atoms with Crippen molar-refractivity contribution in [2.24, 2.45) is 23.2 Å². The van der Waals surface area contributed by atoms with E-state index in [0.717, 1.165) is 36.2 Å². The van der Waals surface area contributed by atoms with Crippen molar-refractivity contribution in [3.05, 3.63) is 0 Å². The zero-order valence-electron chi connectivity index (χ0n) is 13.9. The minimum Gasteiger partial charge on any atom is -0.384 e. The van der Waals surface area contributed by atoms with Gasteiger partial charge in [-0.3, -0.25) is 0 Å². The predicted molar refractivity (Wildman–Crippen MR) is 91.9 cm³/mol. The molecule has 0 radical (unpaired) electrons. The Morgan fingerprint density at radius 3 is 2.29 bits per heavy atom. The summed E-state index contributed by atoms with van der Waals surface area (Å²) in [7, 11) is 1.81. The van der Waals surface area contributed by atoms with Crippen LogP contribution in [0.4, 0.5) is 0 Å². The highest BCUT2D eigenvalue weighted by Gasteiger charge is 2.53. The van der Waals surface area contributed by atoms with Crippen LogP contribution >= 0.6 is 11.8 Å². The van der Waals surface area contributed by atoms with E-state index in [2.05, 4.69) is 24.0 Å². The van der Waals surface area contributed by atoms with E-state index in [1.54, 1.807) is 19.3 Å². The fraction of sp³-hybridized carbons (Fsp3) is 1.00. The molecule has 1 atom stereocenters. The van der Waals surface area contributed by atoms with Crippen molar-refractivity contribution >= 4 is 11.8 Å². The van der Waals surface area contributed by atoms with E-state index in [9.17, 15) is 0 Å². The second-order valence-corrected chi connectivity index (χ2v) is 9.00. The van der Waals surface area contributed by atoms with Gasteiger partial charge in [-0.2, -0.15) is 11.8 Å². The van der Waals surface area contributed by atoms with Crippen molar-refractivity contribution in [3.8, 4) is 0 Å². The molecule has 4 bridgehead atoms. The van der Waals surface area contributed by atoms with E-state index in [1.807, 2.05) is 7.11 Å². The second kappa shape index (κ2) is 7.23. The highest BCUT2D eigenvalue weighted by molar-refractivity contribution is 7.99. The normalized spacial score (nSPS) is 38.9. The summed E-state index contributed by atoms with van der Waals surface area (Å²) in [6, 6.07) is 0.743. The van der Waals surface area contributed by atoms with Gasteiger partial charge in [-0.15, -0.1) is 0 Å². The van der Waals surface area contributed by atoms with Crippen LogP contribution in [0.1, 0.15) is 51.9 Å². The lowest BCUT2D eigenvalue weighted by Gasteiger charge is -2.59. The molecule has 0 aliphatic heterocycles. The molecule has 0 aromatic rings. The molecule has 122 valence electrons. The molecule has 0 spiro atoms. The quantitative estimate of drug-likeness (QED) is 0.652. The summed E-state index contributed by atoms with van der Waals surface area (Å²) in [5.74, 6) is 5.62. The molecule has 0 amide bonds. The van der Waals surface area contributed by atoms with Gasteiger partial charge in [0.05, 0.1) is 6.61 Å². The molecule has 4 fully saturated rings. The largest absolute Gasteiger partial charge is 0.384 e. The Morgan fingerprint density at radius 2 is 1.76 bits per heavy atom. The molecule has 4 aliphatic rings. The van der Waals surface area contributed by atoms with Crippen molar-refractivity contribution in [1.82, 2.24) is 5.32 Å². The Hall–Kier alpha value is 0.270. The summed E-state index contributed by atoms with van der Waals surface area (Å²) in [4.78, 5) is 0. The summed E-state index contributed by atoms with van der Waals surface area (Å²) >= 11 is 2.10. The van der Waals surface area contributed by atoms with Crippen molar-refractivity contribution in [2.75, 3.05) is 31.8 Å². The Balaban J connectivity index is 1.63. The molecule has 4 aliphatic carbocycles. The van der Waals surface area contributed by atoms with Crippen LogP contribution in [0.25, 0.3) is 0 Å². The maximum atomic E-state index is 5.21. The monoisotopic (exact) mass is 311 g/mol. The van der Waals surface area contributed by atoms with Crippen LogP contribution in [-0.2, 0) is 4.74 Å². The molecule has 1 unspecified atom stereocenters. The summed E-state index contributed by atoms with van der Waals surface area (Å²) < 4.78 is 5.21. The smallest absolute Gasteiger partial charge is 0.0552 e. The van der Waals surface area contributed by atoms with Crippen LogP contribution in [-0.4, -0.2) is 37.8 Å². The van der Waals surface area contributed by atoms with E-state index in [0.29, 0.717) is 5.41 Å². The molecule has 2 nitrogen and oxygen atoms in total. The molecule has 3 heteroatoms. The Bertz CT molecular complexity index is 298. The first kappa shape index (κ1) is 16.1. The zero-order valence-corrected chi connectivity index (χ0v) is 14.7. The lowest BCUT2D eigenvalue weighted by atomic mass is 9.48. The van der Waals surface area contributed by atoms with Crippen molar-refractivity contribution in [3.63, 3.8) is 0 Å². The maximum Gasteiger partial charge on any atom is 0.0552 e. The third kappa shape index (κ3) is 3.61. The van der Waals surface area contributed by atoms with Crippen molar-refractivity contribution < 1.29 is 4.74 Å². The number of nitrogens with one attached hydrogen (secondary N) is 1. The van der Waals surface area contributed by atoms with Crippen molar-refractivity contribution in [1.29, 1.82) is 0 Å². The second-order valence-electron chi connectivity index (χ2n) is 7.85. The Kier molecular flexibility index (Phi) is 5.55. The van der Waals surface area contributed by atoms with Crippen LogP contribution in [0.5, 0.6) is 0 Å². The van der Waals surface area contributed by atoms with Crippen molar-refractivity contribution in [2.45, 2.75) is 57.9 Å². The number of thioether (sulfide) groups is 1. The molecule has 4 saturated carbocycles. The lowest BCUT2D eigenvalue weighted by Crippen LogP contribution is -2.57. The van der Waals surface area contributed by atoms with Crippen LogP contribution in [0.3, 0.4) is 0 Å². The highest BCUT2D eigenvalue weighted by atomic mass is 32.2. The molecule has 0 heterocycles. The minimum absolute atomic E-state index is 0.643. The van der Waals surface area contributed by atoms with Gasteiger partial charge in [0.1, 0.15) is 0 Å². The standard InChI is InChI=1S/C18H33NOS/c1-3-4-19-17(13-21-6-5-20-2)18-10-14-7-15(11-18)9-16(8-14)12-18/h14-17,19H,3-13H2,1-2H3. The van der Waals surface area contributed by atoms with Gasteiger partial charge >= 0.3 is 0 Å². The van der Waals surface area contributed by atoms with Gasteiger partial charge < -0.3 is 10.1 Å². The summed E-state index contributed by atoms with van der Waals surface area (Å²) in [5, 5.41) is 3.94. The third-order valence-corrected chi connectivity index (χ3v) is 7.21. The van der Waals surface area contributed by atoms with Gasteiger partial charge in [0.15, 0.2) is 0 Å². The van der Waals surface area contributed by atoms with Crippen LogP contribution in [0.15, 0.2) is 0 Å². The van der Waals surface area contributed by atoms with Crippen LogP contribution < -0.4 is 5.32 Å².